The number of nitrogens with one attached hydrogen (secondary N) is 1. The second-order valence-corrected chi connectivity index (χ2v) is 4.92. The van der Waals surface area contributed by atoms with Gasteiger partial charge in [-0.05, 0) is 28.4 Å². The first-order valence-electron chi connectivity index (χ1n) is 5.96. The maximum absolute atomic E-state index is 13.4. The number of aromatic nitrogens is 2. The third kappa shape index (κ3) is 2.56. The molecule has 0 atom stereocenters. The largest absolute Gasteiger partial charge is 0.383 e. The van der Waals surface area contributed by atoms with Crippen LogP contribution < -0.4 is 11.1 Å². The molecule has 0 aliphatic carbocycles. The lowest BCUT2D eigenvalue weighted by Gasteiger charge is -2.02. The summed E-state index contributed by atoms with van der Waals surface area (Å²) in [6, 6.07) is 1.26. The molecule has 2 rings (SSSR count). The molecule has 2 aromatic heterocycles. The van der Waals surface area contributed by atoms with E-state index in [1.807, 2.05) is 6.92 Å². The van der Waals surface area contributed by atoms with Gasteiger partial charge in [-0.2, -0.15) is 0 Å². The van der Waals surface area contributed by atoms with Gasteiger partial charge in [0.15, 0.2) is 11.3 Å². The third-order valence-corrected chi connectivity index (χ3v) is 3.49. The van der Waals surface area contributed by atoms with Crippen molar-refractivity contribution in [2.75, 3.05) is 12.3 Å². The summed E-state index contributed by atoms with van der Waals surface area (Å²) in [7, 11) is 0. The monoisotopic (exact) mass is 328 g/mol. The molecule has 0 saturated heterocycles. The maximum atomic E-state index is 13.4. The number of pyridine rings is 1. The average Bonchev–Trinajstić information content (AvgIpc) is 2.72. The van der Waals surface area contributed by atoms with Crippen LogP contribution in [0.5, 0.6) is 0 Å². The maximum Gasteiger partial charge on any atom is 0.273 e. The Kier molecular flexibility index (Phi) is 4.04. The van der Waals surface area contributed by atoms with Gasteiger partial charge in [0.25, 0.3) is 5.91 Å². The molecule has 1 amide bonds. The SMILES string of the molecule is CCCCNC(=O)c1nc2c(Br)c(F)ccn2c1N. The molecule has 0 aliphatic rings. The van der Waals surface area contributed by atoms with E-state index in [9.17, 15) is 9.18 Å². The zero-order chi connectivity index (χ0) is 14.0. The summed E-state index contributed by atoms with van der Waals surface area (Å²) in [5.74, 6) is -0.595. The van der Waals surface area contributed by atoms with Crippen LogP contribution >= 0.6 is 15.9 Å². The minimum Gasteiger partial charge on any atom is -0.383 e. The number of hydrogen-bond acceptors (Lipinski definition) is 3. The van der Waals surface area contributed by atoms with E-state index < -0.39 is 5.82 Å². The van der Waals surface area contributed by atoms with Crippen molar-refractivity contribution in [2.24, 2.45) is 0 Å². The van der Waals surface area contributed by atoms with Crippen molar-refractivity contribution in [2.45, 2.75) is 19.8 Å². The van der Waals surface area contributed by atoms with Crippen LogP contribution in [0.4, 0.5) is 10.2 Å². The van der Waals surface area contributed by atoms with Crippen LogP contribution in [0.15, 0.2) is 16.7 Å². The Morgan fingerprint density at radius 1 is 1.63 bits per heavy atom. The molecule has 2 aromatic rings. The van der Waals surface area contributed by atoms with Gasteiger partial charge in [-0.25, -0.2) is 9.37 Å². The Hall–Kier alpha value is -1.63. The van der Waals surface area contributed by atoms with E-state index >= 15 is 0 Å². The molecule has 0 aliphatic heterocycles. The summed E-state index contributed by atoms with van der Waals surface area (Å²) >= 11 is 3.10. The van der Waals surface area contributed by atoms with Gasteiger partial charge in [0.1, 0.15) is 11.6 Å². The number of hydrogen-bond donors (Lipinski definition) is 2. The van der Waals surface area contributed by atoms with E-state index in [2.05, 4.69) is 26.2 Å². The molecule has 0 fully saturated rings. The van der Waals surface area contributed by atoms with Gasteiger partial charge in [-0.15, -0.1) is 0 Å². The smallest absolute Gasteiger partial charge is 0.273 e. The molecule has 7 heteroatoms. The number of halogens is 2. The highest BCUT2D eigenvalue weighted by molar-refractivity contribution is 9.10. The molecule has 0 unspecified atom stereocenters. The standard InChI is InChI=1S/C12H14BrFN4O/c1-2-3-5-16-12(19)9-10(15)18-6-4-7(14)8(13)11(18)17-9/h4,6H,2-3,5,15H2,1H3,(H,16,19). The van der Waals surface area contributed by atoms with Crippen molar-refractivity contribution >= 4 is 33.3 Å². The van der Waals surface area contributed by atoms with Crippen LogP contribution in [0.3, 0.4) is 0 Å². The summed E-state index contributed by atoms with van der Waals surface area (Å²) in [4.78, 5) is 16.0. The zero-order valence-electron chi connectivity index (χ0n) is 10.4. The second kappa shape index (κ2) is 5.56. The number of anilines is 1. The first-order valence-corrected chi connectivity index (χ1v) is 6.75. The fourth-order valence-corrected chi connectivity index (χ4v) is 2.11. The third-order valence-electron chi connectivity index (χ3n) is 2.75. The van der Waals surface area contributed by atoms with Gasteiger partial charge in [-0.3, -0.25) is 9.20 Å². The molecule has 0 spiro atoms. The average molecular weight is 329 g/mol. The van der Waals surface area contributed by atoms with Gasteiger partial charge in [0.2, 0.25) is 0 Å². The molecule has 2 heterocycles. The number of fused-ring (bicyclic) bond motifs is 1. The van der Waals surface area contributed by atoms with Gasteiger partial charge in [-0.1, -0.05) is 13.3 Å². The Morgan fingerprint density at radius 3 is 3.05 bits per heavy atom. The van der Waals surface area contributed by atoms with Crippen LogP contribution in [0, 0.1) is 5.82 Å². The summed E-state index contributed by atoms with van der Waals surface area (Å²) in [5.41, 5.74) is 6.26. The second-order valence-electron chi connectivity index (χ2n) is 4.13. The molecule has 0 radical (unpaired) electrons. The Morgan fingerprint density at radius 2 is 2.37 bits per heavy atom. The number of imidazole rings is 1. The number of amides is 1. The minimum absolute atomic E-state index is 0.113. The van der Waals surface area contributed by atoms with E-state index in [0.29, 0.717) is 6.54 Å². The van der Waals surface area contributed by atoms with E-state index in [1.54, 1.807) is 0 Å². The van der Waals surface area contributed by atoms with Gasteiger partial charge < -0.3 is 11.1 Å². The first-order chi connectivity index (χ1) is 9.06. The number of rotatable bonds is 4. The lowest BCUT2D eigenvalue weighted by atomic mass is 10.3. The Labute approximate surface area is 118 Å². The van der Waals surface area contributed by atoms with E-state index in [0.717, 1.165) is 12.8 Å². The molecular formula is C12H14BrFN4O. The van der Waals surface area contributed by atoms with E-state index in [-0.39, 0.29) is 27.5 Å². The molecule has 19 heavy (non-hydrogen) atoms. The highest BCUT2D eigenvalue weighted by atomic mass is 79.9. The highest BCUT2D eigenvalue weighted by Crippen LogP contribution is 2.24. The van der Waals surface area contributed by atoms with Gasteiger partial charge in [0, 0.05) is 12.7 Å². The van der Waals surface area contributed by atoms with Crippen molar-refractivity contribution in [1.29, 1.82) is 0 Å². The molecule has 0 aromatic carbocycles. The number of nitrogens with zero attached hydrogens (tertiary/aromatic N) is 2. The van der Waals surface area contributed by atoms with Crippen LogP contribution in [0.2, 0.25) is 0 Å². The predicted octanol–water partition coefficient (Wildman–Crippen LogP) is 2.35. The molecule has 0 saturated carbocycles. The normalized spacial score (nSPS) is 10.9. The topological polar surface area (TPSA) is 72.4 Å². The summed E-state index contributed by atoms with van der Waals surface area (Å²) < 4.78 is 15.1. The quantitative estimate of drug-likeness (QED) is 0.846. The van der Waals surface area contributed by atoms with Crippen LogP contribution in [0.25, 0.3) is 5.65 Å². The van der Waals surface area contributed by atoms with Crippen molar-refractivity contribution in [3.8, 4) is 0 Å². The lowest BCUT2D eigenvalue weighted by Crippen LogP contribution is -2.25. The van der Waals surface area contributed by atoms with Gasteiger partial charge >= 0.3 is 0 Å². The fourth-order valence-electron chi connectivity index (χ4n) is 1.70. The molecule has 0 bridgehead atoms. The molecule has 3 N–H and O–H groups in total. The van der Waals surface area contributed by atoms with Crippen molar-refractivity contribution in [3.05, 3.63) is 28.2 Å². The Bertz CT molecular complexity index is 626. The number of carbonyl (C=O) groups excluding carboxylic acids is 1. The zero-order valence-corrected chi connectivity index (χ0v) is 12.0. The molecule has 102 valence electrons. The van der Waals surface area contributed by atoms with Crippen LogP contribution in [-0.4, -0.2) is 21.8 Å². The molecule has 5 nitrogen and oxygen atoms in total. The number of carbonyl (C=O) groups is 1. The van der Waals surface area contributed by atoms with E-state index in [1.165, 1.54) is 16.7 Å². The van der Waals surface area contributed by atoms with Crippen LogP contribution in [-0.2, 0) is 0 Å². The summed E-state index contributed by atoms with van der Waals surface area (Å²) in [6.45, 7) is 2.60. The summed E-state index contributed by atoms with van der Waals surface area (Å²) in [6.07, 6.45) is 3.32. The van der Waals surface area contributed by atoms with Crippen molar-refractivity contribution < 1.29 is 9.18 Å². The lowest BCUT2D eigenvalue weighted by molar-refractivity contribution is 0.0950. The minimum atomic E-state index is -0.449. The summed E-state index contributed by atoms with van der Waals surface area (Å²) in [5, 5.41) is 2.73. The predicted molar refractivity (Wildman–Crippen MR) is 74.5 cm³/mol. The first kappa shape index (κ1) is 13.8. The van der Waals surface area contributed by atoms with Gasteiger partial charge in [0.05, 0.1) is 4.47 Å². The number of unbranched alkanes of at least 4 members (excludes halogenated alkanes) is 1. The molecular weight excluding hydrogens is 315 g/mol. The number of nitrogen functional groups attached to an aromatic ring is 1. The highest BCUT2D eigenvalue weighted by Gasteiger charge is 2.19. The number of nitrogens with two attached hydrogens (primary N) is 1. The van der Waals surface area contributed by atoms with E-state index in [4.69, 9.17) is 5.73 Å². The van der Waals surface area contributed by atoms with Crippen LogP contribution in [0.1, 0.15) is 30.3 Å². The Balaban J connectivity index is 2.37. The fraction of sp³-hybridized carbons (Fsp3) is 0.333. The van der Waals surface area contributed by atoms with Crippen molar-refractivity contribution in [3.63, 3.8) is 0 Å². The van der Waals surface area contributed by atoms with Crippen molar-refractivity contribution in [1.82, 2.24) is 14.7 Å².